The fourth-order valence-electron chi connectivity index (χ4n) is 3.01. The molecule has 0 fully saturated rings. The minimum Gasteiger partial charge on any atom is -0.497 e. The Hall–Kier alpha value is -3.32. The molecule has 0 bridgehead atoms. The molecule has 2 aromatic carbocycles. The van der Waals surface area contributed by atoms with E-state index in [0.717, 1.165) is 11.3 Å². The summed E-state index contributed by atoms with van der Waals surface area (Å²) in [5, 5.41) is 4.32. The van der Waals surface area contributed by atoms with E-state index < -0.39 is 0 Å². The van der Waals surface area contributed by atoms with Gasteiger partial charge in [-0.2, -0.15) is 0 Å². The van der Waals surface area contributed by atoms with E-state index in [4.69, 9.17) is 19.9 Å². The number of ether oxygens (including phenoxy) is 3. The molecule has 1 heterocycles. The van der Waals surface area contributed by atoms with E-state index in [1.54, 1.807) is 33.5 Å². The van der Waals surface area contributed by atoms with Crippen LogP contribution in [0.1, 0.15) is 21.6 Å². The summed E-state index contributed by atoms with van der Waals surface area (Å²) >= 11 is 0. The molecular formula is C21H23N3O4. The van der Waals surface area contributed by atoms with Gasteiger partial charge in [0.1, 0.15) is 17.2 Å². The number of hydrogen-bond acceptors (Lipinski definition) is 6. The smallest absolute Gasteiger partial charge is 0.253 e. The first-order valence-corrected chi connectivity index (χ1v) is 8.76. The first-order valence-electron chi connectivity index (χ1n) is 8.76. The Labute approximate surface area is 163 Å². The molecule has 3 rings (SSSR count). The van der Waals surface area contributed by atoms with Crippen LogP contribution >= 0.6 is 0 Å². The number of benzene rings is 2. The zero-order chi connectivity index (χ0) is 20.1. The maximum absolute atomic E-state index is 12.9. The van der Waals surface area contributed by atoms with Crippen molar-refractivity contribution in [2.75, 3.05) is 21.3 Å². The molecule has 0 aliphatic carbocycles. The van der Waals surface area contributed by atoms with E-state index in [9.17, 15) is 4.79 Å². The molecule has 1 aromatic heterocycles. The molecule has 0 atom stereocenters. The normalized spacial score (nSPS) is 10.6. The summed E-state index contributed by atoms with van der Waals surface area (Å²) in [6.07, 6.45) is 1.53. The molecular weight excluding hydrogens is 358 g/mol. The van der Waals surface area contributed by atoms with Gasteiger partial charge >= 0.3 is 0 Å². The van der Waals surface area contributed by atoms with Crippen LogP contribution in [0.4, 0.5) is 0 Å². The van der Waals surface area contributed by atoms with Crippen molar-refractivity contribution in [2.24, 2.45) is 5.73 Å². The van der Waals surface area contributed by atoms with E-state index >= 15 is 0 Å². The van der Waals surface area contributed by atoms with Crippen LogP contribution in [0, 0.1) is 0 Å². The first kappa shape index (κ1) is 19.4. The second-order valence-corrected chi connectivity index (χ2v) is 6.11. The highest BCUT2D eigenvalue weighted by Crippen LogP contribution is 2.34. The maximum Gasteiger partial charge on any atom is 0.253 e. The number of nitrogens with zero attached hydrogens (tertiary/aromatic N) is 1. The molecule has 7 nitrogen and oxygen atoms in total. The van der Waals surface area contributed by atoms with Gasteiger partial charge in [0.2, 0.25) is 0 Å². The minimum absolute atomic E-state index is 0.229. The summed E-state index contributed by atoms with van der Waals surface area (Å²) in [6.45, 7) is 0.608. The van der Waals surface area contributed by atoms with Gasteiger partial charge in [0, 0.05) is 36.1 Å². The zero-order valence-electron chi connectivity index (χ0n) is 16.1. The molecule has 0 spiro atoms. The molecule has 0 radical (unpaired) electrons. The lowest BCUT2D eigenvalue weighted by atomic mass is 10.0. The second-order valence-electron chi connectivity index (χ2n) is 6.11. The Balaban J connectivity index is 1.95. The number of nitrogens with two attached hydrogens (primary N) is 1. The van der Waals surface area contributed by atoms with Crippen molar-refractivity contribution in [2.45, 2.75) is 13.1 Å². The Morgan fingerprint density at radius 1 is 1.04 bits per heavy atom. The van der Waals surface area contributed by atoms with Crippen LogP contribution in [-0.2, 0) is 13.1 Å². The summed E-state index contributed by atoms with van der Waals surface area (Å²) < 4.78 is 16.0. The van der Waals surface area contributed by atoms with Crippen molar-refractivity contribution in [1.29, 1.82) is 0 Å². The van der Waals surface area contributed by atoms with Crippen LogP contribution in [-0.4, -0.2) is 32.2 Å². The van der Waals surface area contributed by atoms with Crippen molar-refractivity contribution in [3.05, 3.63) is 59.4 Å². The molecule has 0 saturated carbocycles. The number of carbonyl (C=O) groups is 1. The molecule has 28 heavy (non-hydrogen) atoms. The second kappa shape index (κ2) is 8.58. The molecule has 0 aliphatic heterocycles. The fourth-order valence-corrected chi connectivity index (χ4v) is 3.01. The van der Waals surface area contributed by atoms with E-state index in [0.29, 0.717) is 40.1 Å². The molecule has 3 N–H and O–H groups in total. The van der Waals surface area contributed by atoms with E-state index in [-0.39, 0.29) is 12.5 Å². The predicted molar refractivity (Wildman–Crippen MR) is 107 cm³/mol. The highest BCUT2D eigenvalue weighted by Gasteiger charge is 2.18. The van der Waals surface area contributed by atoms with Crippen LogP contribution in [0.5, 0.6) is 17.2 Å². The minimum atomic E-state index is -0.243. The van der Waals surface area contributed by atoms with E-state index in [2.05, 4.69) is 10.3 Å². The topological polar surface area (TPSA) is 95.7 Å². The largest absolute Gasteiger partial charge is 0.497 e. The number of hydrogen-bond donors (Lipinski definition) is 2. The molecule has 1 amide bonds. The third-order valence-corrected chi connectivity index (χ3v) is 4.51. The SMILES string of the molecule is COc1ccc(CNC(=O)c2cnc(CN)c3c(OC)cc(OC)cc23)cc1. The quantitative estimate of drug-likeness (QED) is 0.653. The van der Waals surface area contributed by atoms with Crippen LogP contribution in [0.3, 0.4) is 0 Å². The van der Waals surface area contributed by atoms with E-state index in [1.165, 1.54) is 6.20 Å². The van der Waals surface area contributed by atoms with Crippen molar-refractivity contribution in [3.63, 3.8) is 0 Å². The van der Waals surface area contributed by atoms with Gasteiger partial charge in [0.25, 0.3) is 5.91 Å². The van der Waals surface area contributed by atoms with Crippen molar-refractivity contribution in [3.8, 4) is 17.2 Å². The Kier molecular flexibility index (Phi) is 5.96. The van der Waals surface area contributed by atoms with Gasteiger partial charge < -0.3 is 25.3 Å². The zero-order valence-corrected chi connectivity index (χ0v) is 16.1. The molecule has 146 valence electrons. The highest BCUT2D eigenvalue weighted by atomic mass is 16.5. The lowest BCUT2D eigenvalue weighted by Gasteiger charge is -2.14. The average molecular weight is 381 g/mol. The maximum atomic E-state index is 12.9. The number of rotatable bonds is 7. The summed E-state index contributed by atoms with van der Waals surface area (Å²) in [5.74, 6) is 1.67. The number of carbonyl (C=O) groups excluding carboxylic acids is 1. The Bertz CT molecular complexity index is 987. The summed E-state index contributed by atoms with van der Waals surface area (Å²) in [5.41, 5.74) is 7.88. The molecule has 0 unspecified atom stereocenters. The molecule has 0 aliphatic rings. The lowest BCUT2D eigenvalue weighted by molar-refractivity contribution is 0.0952. The summed E-state index contributed by atoms with van der Waals surface area (Å²) in [4.78, 5) is 17.2. The van der Waals surface area contributed by atoms with Gasteiger partial charge in [0.05, 0.1) is 32.6 Å². The van der Waals surface area contributed by atoms with Crippen LogP contribution < -0.4 is 25.3 Å². The number of amides is 1. The number of nitrogens with one attached hydrogen (secondary N) is 1. The molecule has 0 saturated heterocycles. The average Bonchev–Trinajstić information content (AvgIpc) is 2.76. The fraction of sp³-hybridized carbons (Fsp3) is 0.238. The van der Waals surface area contributed by atoms with Gasteiger partial charge in [-0.1, -0.05) is 12.1 Å². The Morgan fingerprint density at radius 3 is 2.36 bits per heavy atom. The number of fused-ring (bicyclic) bond motifs is 1. The van der Waals surface area contributed by atoms with Gasteiger partial charge in [-0.25, -0.2) is 0 Å². The van der Waals surface area contributed by atoms with Crippen LogP contribution in [0.15, 0.2) is 42.6 Å². The van der Waals surface area contributed by atoms with Crippen molar-refractivity contribution >= 4 is 16.7 Å². The van der Waals surface area contributed by atoms with Gasteiger partial charge in [-0.3, -0.25) is 9.78 Å². The lowest BCUT2D eigenvalue weighted by Crippen LogP contribution is -2.23. The van der Waals surface area contributed by atoms with E-state index in [1.807, 2.05) is 24.3 Å². The number of pyridine rings is 1. The van der Waals surface area contributed by atoms with Crippen molar-refractivity contribution < 1.29 is 19.0 Å². The van der Waals surface area contributed by atoms with Gasteiger partial charge in [0.15, 0.2) is 0 Å². The molecule has 3 aromatic rings. The van der Waals surface area contributed by atoms with Gasteiger partial charge in [-0.05, 0) is 23.8 Å². The van der Waals surface area contributed by atoms with Crippen LogP contribution in [0.25, 0.3) is 10.8 Å². The Morgan fingerprint density at radius 2 is 1.75 bits per heavy atom. The number of aromatic nitrogens is 1. The van der Waals surface area contributed by atoms with Crippen LogP contribution in [0.2, 0.25) is 0 Å². The summed E-state index contributed by atoms with van der Waals surface area (Å²) in [7, 11) is 4.74. The predicted octanol–water partition coefficient (Wildman–Crippen LogP) is 2.65. The van der Waals surface area contributed by atoms with Crippen molar-refractivity contribution in [1.82, 2.24) is 10.3 Å². The third kappa shape index (κ3) is 3.84. The number of methoxy groups -OCH3 is 3. The monoisotopic (exact) mass is 381 g/mol. The highest BCUT2D eigenvalue weighted by molar-refractivity contribution is 6.09. The summed E-state index contributed by atoms with van der Waals surface area (Å²) in [6, 6.07) is 11.1. The third-order valence-electron chi connectivity index (χ3n) is 4.51. The van der Waals surface area contributed by atoms with Gasteiger partial charge in [-0.15, -0.1) is 0 Å². The standard InChI is InChI=1S/C21H23N3O4/c1-26-14-6-4-13(5-7-14)11-24-21(25)17-12-23-18(10-22)20-16(17)8-15(27-2)9-19(20)28-3/h4-9,12H,10-11,22H2,1-3H3,(H,24,25). The first-order chi connectivity index (χ1) is 13.6. The molecule has 7 heteroatoms.